The average molecular weight is 299 g/mol. The highest BCUT2D eigenvalue weighted by molar-refractivity contribution is 7.92. The number of aromatic nitrogens is 2. The standard InChI is InChI=1S/C11H11ClN4O2S/c1-7-2-3-10(9(12)4-7)16-19(17,18)8-5-14-11(13)15-6-8/h2-6,16H,1H3,(H2,13,14,15). The lowest BCUT2D eigenvalue weighted by molar-refractivity contribution is 0.600. The molecule has 100 valence electrons. The second-order valence-electron chi connectivity index (χ2n) is 3.87. The largest absolute Gasteiger partial charge is 0.368 e. The van der Waals surface area contributed by atoms with Gasteiger partial charge in [-0.1, -0.05) is 17.7 Å². The Hall–Kier alpha value is -1.86. The molecule has 1 aromatic heterocycles. The van der Waals surface area contributed by atoms with Crippen LogP contribution in [0.1, 0.15) is 5.56 Å². The zero-order chi connectivity index (χ0) is 14.0. The Morgan fingerprint density at radius 1 is 1.26 bits per heavy atom. The highest BCUT2D eigenvalue weighted by Crippen LogP contribution is 2.25. The fraction of sp³-hybridized carbons (Fsp3) is 0.0909. The fourth-order valence-corrected chi connectivity index (χ4v) is 2.68. The number of aryl methyl sites for hydroxylation is 1. The van der Waals surface area contributed by atoms with Crippen molar-refractivity contribution < 1.29 is 8.42 Å². The van der Waals surface area contributed by atoms with E-state index in [2.05, 4.69) is 14.7 Å². The van der Waals surface area contributed by atoms with Crippen LogP contribution in [0.25, 0.3) is 0 Å². The molecule has 1 heterocycles. The third-order valence-electron chi connectivity index (χ3n) is 2.33. The van der Waals surface area contributed by atoms with Gasteiger partial charge in [-0.25, -0.2) is 18.4 Å². The highest BCUT2D eigenvalue weighted by Gasteiger charge is 2.16. The molecule has 0 radical (unpaired) electrons. The van der Waals surface area contributed by atoms with Gasteiger partial charge in [-0.3, -0.25) is 4.72 Å². The molecule has 0 amide bonds. The maximum absolute atomic E-state index is 12.1. The van der Waals surface area contributed by atoms with Crippen molar-refractivity contribution in [2.75, 3.05) is 10.5 Å². The molecular weight excluding hydrogens is 288 g/mol. The summed E-state index contributed by atoms with van der Waals surface area (Å²) >= 11 is 5.97. The highest BCUT2D eigenvalue weighted by atomic mass is 35.5. The number of anilines is 2. The van der Waals surface area contributed by atoms with Crippen LogP contribution in [-0.4, -0.2) is 18.4 Å². The van der Waals surface area contributed by atoms with E-state index in [1.165, 1.54) is 0 Å². The molecule has 0 unspecified atom stereocenters. The molecule has 0 aliphatic carbocycles. The van der Waals surface area contributed by atoms with E-state index in [1.54, 1.807) is 18.2 Å². The minimum Gasteiger partial charge on any atom is -0.368 e. The second-order valence-corrected chi connectivity index (χ2v) is 5.96. The summed E-state index contributed by atoms with van der Waals surface area (Å²) in [5.74, 6) is 0.00678. The van der Waals surface area contributed by atoms with E-state index < -0.39 is 10.0 Å². The summed E-state index contributed by atoms with van der Waals surface area (Å²) in [6, 6.07) is 5.01. The van der Waals surface area contributed by atoms with Crippen molar-refractivity contribution in [3.63, 3.8) is 0 Å². The van der Waals surface area contributed by atoms with Gasteiger partial charge in [0.05, 0.1) is 23.1 Å². The first kappa shape index (κ1) is 13.6. The summed E-state index contributed by atoms with van der Waals surface area (Å²) in [5, 5.41) is 0.319. The summed E-state index contributed by atoms with van der Waals surface area (Å²) in [7, 11) is -3.78. The molecule has 3 N–H and O–H groups in total. The molecule has 8 heteroatoms. The third kappa shape index (κ3) is 3.12. The molecule has 2 aromatic rings. The predicted molar refractivity (Wildman–Crippen MR) is 73.4 cm³/mol. The van der Waals surface area contributed by atoms with Crippen molar-refractivity contribution in [3.8, 4) is 0 Å². The molecule has 0 spiro atoms. The predicted octanol–water partition coefficient (Wildman–Crippen LogP) is 1.82. The van der Waals surface area contributed by atoms with Gasteiger partial charge in [-0.15, -0.1) is 0 Å². The van der Waals surface area contributed by atoms with Gasteiger partial charge in [0, 0.05) is 0 Å². The van der Waals surface area contributed by atoms with Crippen LogP contribution >= 0.6 is 11.6 Å². The van der Waals surface area contributed by atoms with E-state index in [4.69, 9.17) is 17.3 Å². The van der Waals surface area contributed by atoms with Gasteiger partial charge in [0.25, 0.3) is 10.0 Å². The van der Waals surface area contributed by atoms with Gasteiger partial charge in [-0.05, 0) is 24.6 Å². The van der Waals surface area contributed by atoms with Crippen LogP contribution in [0.2, 0.25) is 5.02 Å². The number of hydrogen-bond acceptors (Lipinski definition) is 5. The molecule has 2 rings (SSSR count). The number of sulfonamides is 1. The lowest BCUT2D eigenvalue weighted by Crippen LogP contribution is -2.14. The summed E-state index contributed by atoms with van der Waals surface area (Å²) < 4.78 is 26.5. The Labute approximate surface area is 115 Å². The molecule has 0 aliphatic heterocycles. The number of nitrogens with one attached hydrogen (secondary N) is 1. The van der Waals surface area contributed by atoms with Crippen LogP contribution in [0.4, 0.5) is 11.6 Å². The van der Waals surface area contributed by atoms with E-state index in [1.807, 2.05) is 6.92 Å². The van der Waals surface area contributed by atoms with Crippen molar-refractivity contribution in [2.24, 2.45) is 0 Å². The van der Waals surface area contributed by atoms with Crippen LogP contribution < -0.4 is 10.5 Å². The average Bonchev–Trinajstić information content (AvgIpc) is 2.33. The van der Waals surface area contributed by atoms with Crippen molar-refractivity contribution in [1.29, 1.82) is 0 Å². The lowest BCUT2D eigenvalue weighted by atomic mass is 10.2. The zero-order valence-corrected chi connectivity index (χ0v) is 11.5. The van der Waals surface area contributed by atoms with Crippen molar-refractivity contribution in [3.05, 3.63) is 41.2 Å². The zero-order valence-electron chi connectivity index (χ0n) is 9.96. The van der Waals surface area contributed by atoms with Gasteiger partial charge in [0.2, 0.25) is 5.95 Å². The van der Waals surface area contributed by atoms with E-state index in [-0.39, 0.29) is 10.8 Å². The monoisotopic (exact) mass is 298 g/mol. The normalized spacial score (nSPS) is 11.3. The van der Waals surface area contributed by atoms with Crippen LogP contribution in [-0.2, 0) is 10.0 Å². The molecular formula is C11H11ClN4O2S. The van der Waals surface area contributed by atoms with Gasteiger partial charge in [-0.2, -0.15) is 0 Å². The van der Waals surface area contributed by atoms with Crippen molar-refractivity contribution in [1.82, 2.24) is 9.97 Å². The summed E-state index contributed by atoms with van der Waals surface area (Å²) in [6.07, 6.45) is 2.26. The number of hydrogen-bond donors (Lipinski definition) is 2. The Kier molecular flexibility index (Phi) is 3.59. The molecule has 19 heavy (non-hydrogen) atoms. The lowest BCUT2D eigenvalue weighted by Gasteiger charge is -2.09. The van der Waals surface area contributed by atoms with Crippen LogP contribution in [0.15, 0.2) is 35.5 Å². The van der Waals surface area contributed by atoms with Crippen LogP contribution in [0.5, 0.6) is 0 Å². The molecule has 1 aromatic carbocycles. The van der Waals surface area contributed by atoms with Crippen LogP contribution in [0.3, 0.4) is 0 Å². The third-order valence-corrected chi connectivity index (χ3v) is 3.96. The number of rotatable bonds is 3. The minimum atomic E-state index is -3.78. The molecule has 0 bridgehead atoms. The van der Waals surface area contributed by atoms with Gasteiger partial charge in [0.1, 0.15) is 4.90 Å². The summed E-state index contributed by atoms with van der Waals surface area (Å²) in [6.45, 7) is 1.86. The van der Waals surface area contributed by atoms with E-state index in [9.17, 15) is 8.42 Å². The number of nitrogen functional groups attached to an aromatic ring is 1. The first-order chi connectivity index (χ1) is 8.88. The maximum Gasteiger partial charge on any atom is 0.265 e. The summed E-state index contributed by atoms with van der Waals surface area (Å²) in [5.41, 5.74) is 6.53. The molecule has 0 fully saturated rings. The van der Waals surface area contributed by atoms with Gasteiger partial charge >= 0.3 is 0 Å². The Balaban J connectivity index is 2.33. The van der Waals surface area contributed by atoms with Crippen molar-refractivity contribution in [2.45, 2.75) is 11.8 Å². The Morgan fingerprint density at radius 3 is 2.47 bits per heavy atom. The first-order valence-electron chi connectivity index (χ1n) is 5.25. The molecule has 6 nitrogen and oxygen atoms in total. The maximum atomic E-state index is 12.1. The molecule has 0 saturated heterocycles. The summed E-state index contributed by atoms with van der Waals surface area (Å²) in [4.78, 5) is 7.19. The SMILES string of the molecule is Cc1ccc(NS(=O)(=O)c2cnc(N)nc2)c(Cl)c1. The number of halogens is 1. The first-order valence-corrected chi connectivity index (χ1v) is 7.11. The van der Waals surface area contributed by atoms with Crippen LogP contribution in [0, 0.1) is 6.92 Å². The molecule has 0 saturated carbocycles. The van der Waals surface area contributed by atoms with Gasteiger partial charge < -0.3 is 5.73 Å². The molecule has 0 aliphatic rings. The minimum absolute atomic E-state index is 0.00678. The topological polar surface area (TPSA) is 98.0 Å². The Morgan fingerprint density at radius 2 is 1.89 bits per heavy atom. The number of nitrogens with two attached hydrogens (primary N) is 1. The smallest absolute Gasteiger partial charge is 0.265 e. The number of nitrogens with zero attached hydrogens (tertiary/aromatic N) is 2. The van der Waals surface area contributed by atoms with E-state index in [0.29, 0.717) is 10.7 Å². The van der Waals surface area contributed by atoms with E-state index >= 15 is 0 Å². The number of benzene rings is 1. The molecule has 0 atom stereocenters. The van der Waals surface area contributed by atoms with Gasteiger partial charge in [0.15, 0.2) is 0 Å². The van der Waals surface area contributed by atoms with E-state index in [0.717, 1.165) is 18.0 Å². The quantitative estimate of drug-likeness (QED) is 0.900. The fourth-order valence-electron chi connectivity index (χ4n) is 1.37. The Bertz CT molecular complexity index is 701. The van der Waals surface area contributed by atoms with Crippen molar-refractivity contribution >= 4 is 33.3 Å². The second kappa shape index (κ2) is 5.02.